The van der Waals surface area contributed by atoms with Crippen molar-refractivity contribution in [2.24, 2.45) is 0 Å². The molecule has 0 bridgehead atoms. The van der Waals surface area contributed by atoms with E-state index in [1.165, 1.54) is 0 Å². The molecule has 0 spiro atoms. The van der Waals surface area contributed by atoms with Gasteiger partial charge in [0, 0.05) is 58.2 Å². The monoisotopic (exact) mass is 429 g/mol. The molecular formula is C21H31N7O3. The maximum atomic E-state index is 12.8. The van der Waals surface area contributed by atoms with Crippen LogP contribution in [0.3, 0.4) is 0 Å². The summed E-state index contributed by atoms with van der Waals surface area (Å²) in [5, 5.41) is 12.8. The highest BCUT2D eigenvalue weighted by atomic mass is 16.5. The molecule has 0 unspecified atom stereocenters. The lowest BCUT2D eigenvalue weighted by Gasteiger charge is -2.34. The number of amides is 3. The van der Waals surface area contributed by atoms with Crippen molar-refractivity contribution in [2.45, 2.75) is 58.5 Å². The van der Waals surface area contributed by atoms with Gasteiger partial charge in [0.05, 0.1) is 12.2 Å². The number of nitrogens with zero attached hydrogens (tertiary/aromatic N) is 7. The van der Waals surface area contributed by atoms with Crippen molar-refractivity contribution in [3.8, 4) is 0 Å². The Morgan fingerprint density at radius 1 is 1.06 bits per heavy atom. The van der Waals surface area contributed by atoms with Gasteiger partial charge < -0.3 is 23.8 Å². The van der Waals surface area contributed by atoms with Crippen LogP contribution in [0.1, 0.15) is 53.8 Å². The van der Waals surface area contributed by atoms with Crippen LogP contribution in [-0.4, -0.2) is 80.3 Å². The third-order valence-electron chi connectivity index (χ3n) is 6.42. The van der Waals surface area contributed by atoms with Gasteiger partial charge >= 0.3 is 6.03 Å². The number of aryl methyl sites for hydroxylation is 2. The molecule has 0 saturated carbocycles. The summed E-state index contributed by atoms with van der Waals surface area (Å²) in [6, 6.07) is 0.0625. The Labute approximate surface area is 182 Å². The van der Waals surface area contributed by atoms with Gasteiger partial charge in [0.25, 0.3) is 0 Å². The minimum absolute atomic E-state index is 0.0625. The van der Waals surface area contributed by atoms with Gasteiger partial charge in [-0.25, -0.2) is 4.79 Å². The Bertz CT molecular complexity index is 937. The number of piperidine rings is 1. The van der Waals surface area contributed by atoms with E-state index in [-0.39, 0.29) is 11.9 Å². The van der Waals surface area contributed by atoms with Crippen molar-refractivity contribution in [3.05, 3.63) is 28.7 Å². The first kappa shape index (κ1) is 21.3. The average molecular weight is 430 g/mol. The summed E-state index contributed by atoms with van der Waals surface area (Å²) >= 11 is 0. The Morgan fingerprint density at radius 2 is 1.81 bits per heavy atom. The molecule has 10 heteroatoms. The van der Waals surface area contributed by atoms with Crippen LogP contribution in [0.4, 0.5) is 4.79 Å². The Balaban J connectivity index is 1.34. The molecule has 0 atom stereocenters. The molecule has 0 N–H and O–H groups in total. The average Bonchev–Trinajstić information content (AvgIpc) is 3.34. The number of hydrogen-bond donors (Lipinski definition) is 0. The molecule has 168 valence electrons. The predicted molar refractivity (Wildman–Crippen MR) is 112 cm³/mol. The predicted octanol–water partition coefficient (Wildman–Crippen LogP) is 1.72. The van der Waals surface area contributed by atoms with Gasteiger partial charge in [0.1, 0.15) is 11.6 Å². The molecule has 4 rings (SSSR count). The van der Waals surface area contributed by atoms with Gasteiger partial charge in [-0.15, -0.1) is 10.2 Å². The van der Waals surface area contributed by atoms with Gasteiger partial charge in [-0.2, -0.15) is 0 Å². The molecule has 0 aromatic carbocycles. The number of hydrogen-bond acceptors (Lipinski definition) is 6. The summed E-state index contributed by atoms with van der Waals surface area (Å²) in [5.41, 5.74) is 1.88. The van der Waals surface area contributed by atoms with Crippen LogP contribution in [0.25, 0.3) is 0 Å². The summed E-state index contributed by atoms with van der Waals surface area (Å²) in [4.78, 5) is 30.3. The van der Waals surface area contributed by atoms with Crippen LogP contribution in [0, 0.1) is 13.8 Å². The van der Waals surface area contributed by atoms with E-state index < -0.39 is 0 Å². The highest BCUT2D eigenvalue weighted by molar-refractivity contribution is 5.76. The first-order valence-corrected chi connectivity index (χ1v) is 10.9. The topological polar surface area (TPSA) is 101 Å². The van der Waals surface area contributed by atoms with E-state index >= 15 is 0 Å². The maximum absolute atomic E-state index is 12.8. The van der Waals surface area contributed by atoms with Crippen LogP contribution in [0.15, 0.2) is 4.52 Å². The molecule has 3 amide bonds. The number of carbonyl (C=O) groups excluding carboxylic acids is 2. The molecule has 1 saturated heterocycles. The fourth-order valence-electron chi connectivity index (χ4n) is 4.56. The zero-order valence-corrected chi connectivity index (χ0v) is 18.8. The zero-order chi connectivity index (χ0) is 22.1. The van der Waals surface area contributed by atoms with Crippen molar-refractivity contribution in [2.75, 3.05) is 33.7 Å². The molecule has 31 heavy (non-hydrogen) atoms. The van der Waals surface area contributed by atoms with Crippen LogP contribution < -0.4 is 0 Å². The Kier molecular flexibility index (Phi) is 5.97. The van der Waals surface area contributed by atoms with Gasteiger partial charge in [0.2, 0.25) is 5.91 Å². The highest BCUT2D eigenvalue weighted by Crippen LogP contribution is 2.29. The minimum atomic E-state index is 0.0625. The van der Waals surface area contributed by atoms with Crippen LogP contribution in [0.5, 0.6) is 0 Å². The largest absolute Gasteiger partial charge is 0.361 e. The Morgan fingerprint density at radius 3 is 2.45 bits per heavy atom. The second-order valence-corrected chi connectivity index (χ2v) is 8.68. The van der Waals surface area contributed by atoms with E-state index in [4.69, 9.17) is 4.52 Å². The summed E-state index contributed by atoms with van der Waals surface area (Å²) in [5.74, 6) is 3.04. The zero-order valence-electron chi connectivity index (χ0n) is 18.8. The fourth-order valence-corrected chi connectivity index (χ4v) is 4.56. The van der Waals surface area contributed by atoms with E-state index in [1.54, 1.807) is 19.0 Å². The van der Waals surface area contributed by atoms with Gasteiger partial charge in [-0.1, -0.05) is 5.16 Å². The lowest BCUT2D eigenvalue weighted by molar-refractivity contribution is -0.132. The van der Waals surface area contributed by atoms with Crippen LogP contribution >= 0.6 is 0 Å². The van der Waals surface area contributed by atoms with Crippen LogP contribution in [0.2, 0.25) is 0 Å². The van der Waals surface area contributed by atoms with Crippen molar-refractivity contribution in [3.63, 3.8) is 0 Å². The molecule has 2 aliphatic rings. The summed E-state index contributed by atoms with van der Waals surface area (Å²) in [6.45, 7) is 7.12. The summed E-state index contributed by atoms with van der Waals surface area (Å²) in [6.07, 6.45) is 2.84. The van der Waals surface area contributed by atoms with Gasteiger partial charge in [-0.05, 0) is 33.1 Å². The first-order chi connectivity index (χ1) is 14.8. The maximum Gasteiger partial charge on any atom is 0.319 e. The molecule has 0 radical (unpaired) electrons. The third kappa shape index (κ3) is 4.28. The molecule has 4 heterocycles. The SMILES string of the molecule is Cc1noc(C)c1CCC(=O)N1CCn2c(nnc2C2CCN(C(=O)N(C)C)CC2)C1. The van der Waals surface area contributed by atoms with Crippen molar-refractivity contribution in [1.29, 1.82) is 0 Å². The van der Waals surface area contributed by atoms with E-state index in [2.05, 4.69) is 19.9 Å². The number of aromatic nitrogens is 4. The minimum Gasteiger partial charge on any atom is -0.361 e. The standard InChI is InChI=1S/C21H31N7O3/c1-14-17(15(2)31-24-14)5-6-19(29)27-11-12-28-18(13-27)22-23-20(28)16-7-9-26(10-8-16)21(30)25(3)4/h16H,5-13H2,1-4H3. The number of likely N-dealkylation sites (tertiary alicyclic amines) is 1. The smallest absolute Gasteiger partial charge is 0.319 e. The first-order valence-electron chi connectivity index (χ1n) is 10.9. The summed E-state index contributed by atoms with van der Waals surface area (Å²) in [7, 11) is 3.57. The van der Waals surface area contributed by atoms with E-state index in [0.29, 0.717) is 38.4 Å². The second-order valence-electron chi connectivity index (χ2n) is 8.68. The lowest BCUT2D eigenvalue weighted by Crippen LogP contribution is -2.44. The van der Waals surface area contributed by atoms with Crippen LogP contribution in [-0.2, 0) is 24.3 Å². The molecule has 10 nitrogen and oxygen atoms in total. The number of fused-ring (bicyclic) bond motifs is 1. The molecular weight excluding hydrogens is 398 g/mol. The molecule has 2 aromatic heterocycles. The number of urea groups is 1. The molecule has 0 aliphatic carbocycles. The molecule has 2 aromatic rings. The van der Waals surface area contributed by atoms with E-state index in [0.717, 1.165) is 54.6 Å². The molecule has 1 fully saturated rings. The van der Waals surface area contributed by atoms with Gasteiger partial charge in [0.15, 0.2) is 5.82 Å². The molecule has 2 aliphatic heterocycles. The number of rotatable bonds is 4. The third-order valence-corrected chi connectivity index (χ3v) is 6.42. The van der Waals surface area contributed by atoms with Crippen molar-refractivity contribution in [1.82, 2.24) is 34.6 Å². The van der Waals surface area contributed by atoms with E-state index in [9.17, 15) is 9.59 Å². The van der Waals surface area contributed by atoms with Crippen molar-refractivity contribution < 1.29 is 14.1 Å². The normalized spacial score (nSPS) is 17.0. The second kappa shape index (κ2) is 8.68. The fraction of sp³-hybridized carbons (Fsp3) is 0.667. The van der Waals surface area contributed by atoms with Gasteiger partial charge in [-0.3, -0.25) is 4.79 Å². The lowest BCUT2D eigenvalue weighted by atomic mass is 9.96. The highest BCUT2D eigenvalue weighted by Gasteiger charge is 2.31. The number of carbonyl (C=O) groups is 2. The van der Waals surface area contributed by atoms with Crippen molar-refractivity contribution >= 4 is 11.9 Å². The quantitative estimate of drug-likeness (QED) is 0.734. The Hall–Kier alpha value is -2.91. The summed E-state index contributed by atoms with van der Waals surface area (Å²) < 4.78 is 7.36. The van der Waals surface area contributed by atoms with E-state index in [1.807, 2.05) is 23.6 Å².